The third kappa shape index (κ3) is 3.30. The average Bonchev–Trinajstić information content (AvgIpc) is 2.76. The van der Waals surface area contributed by atoms with Crippen LogP contribution in [0.1, 0.15) is 6.42 Å². The van der Waals surface area contributed by atoms with Crippen molar-refractivity contribution in [2.24, 2.45) is 5.10 Å². The van der Waals surface area contributed by atoms with Gasteiger partial charge in [0.25, 0.3) is 5.91 Å². The summed E-state index contributed by atoms with van der Waals surface area (Å²) in [5.74, 6) is -1.27. The zero-order valence-corrected chi connectivity index (χ0v) is 12.5. The van der Waals surface area contributed by atoms with Crippen molar-refractivity contribution in [2.45, 2.75) is 6.42 Å². The number of benzene rings is 1. The van der Waals surface area contributed by atoms with Crippen molar-refractivity contribution in [1.82, 2.24) is 4.90 Å². The second kappa shape index (κ2) is 6.38. The maximum Gasteiger partial charge on any atom is 0.311 e. The Hall–Kier alpha value is -2.70. The molecule has 0 bridgehead atoms. The molecule has 0 aromatic heterocycles. The van der Waals surface area contributed by atoms with E-state index < -0.39 is 11.8 Å². The molecule has 0 saturated carbocycles. The number of hydrazone groups is 1. The third-order valence-electron chi connectivity index (χ3n) is 2.95. The fourth-order valence-electron chi connectivity index (χ4n) is 1.94. The summed E-state index contributed by atoms with van der Waals surface area (Å²) >= 11 is 0. The number of ether oxygens (including phenoxy) is 1. The lowest BCUT2D eigenvalue weighted by molar-refractivity contribution is -0.139. The van der Waals surface area contributed by atoms with Crippen LogP contribution >= 0.6 is 0 Å². The smallest absolute Gasteiger partial charge is 0.311 e. The molecule has 0 aliphatic carbocycles. The molecule has 0 radical (unpaired) electrons. The van der Waals surface area contributed by atoms with E-state index in [9.17, 15) is 14.0 Å². The molecule has 1 aromatic rings. The van der Waals surface area contributed by atoms with E-state index in [1.165, 1.54) is 31.4 Å². The Kier molecular flexibility index (Phi) is 4.55. The fourth-order valence-corrected chi connectivity index (χ4v) is 1.94. The van der Waals surface area contributed by atoms with Gasteiger partial charge in [-0.05, 0) is 24.3 Å². The lowest BCUT2D eigenvalue weighted by atomic mass is 10.1. The predicted octanol–water partition coefficient (Wildman–Crippen LogP) is 1.54. The minimum Gasteiger partial charge on any atom is -0.469 e. The number of carbonyl (C=O) groups is 2. The van der Waals surface area contributed by atoms with Crippen molar-refractivity contribution >= 4 is 23.3 Å². The molecule has 0 unspecified atom stereocenters. The van der Waals surface area contributed by atoms with Crippen LogP contribution in [0, 0.1) is 5.82 Å². The van der Waals surface area contributed by atoms with Gasteiger partial charge in [0.1, 0.15) is 5.82 Å². The molecule has 0 saturated heterocycles. The molecule has 1 aliphatic rings. The van der Waals surface area contributed by atoms with Crippen molar-refractivity contribution in [3.63, 3.8) is 0 Å². The van der Waals surface area contributed by atoms with E-state index in [1.807, 2.05) is 0 Å². The molecule has 1 heterocycles. The van der Waals surface area contributed by atoms with E-state index in [0.717, 1.165) is 5.01 Å². The van der Waals surface area contributed by atoms with Crippen LogP contribution in [0.15, 0.2) is 41.1 Å². The number of rotatable bonds is 4. The molecule has 0 fully saturated rings. The number of amides is 1. The fraction of sp³-hybridized carbons (Fsp3) is 0.267. The molecular formula is C15H16FN3O3. The van der Waals surface area contributed by atoms with Gasteiger partial charge in [-0.15, -0.1) is 0 Å². The Morgan fingerprint density at radius 3 is 2.55 bits per heavy atom. The van der Waals surface area contributed by atoms with Crippen LogP contribution in [0.4, 0.5) is 10.1 Å². The molecule has 7 heteroatoms. The van der Waals surface area contributed by atoms with Gasteiger partial charge in [0.15, 0.2) is 0 Å². The zero-order valence-electron chi connectivity index (χ0n) is 12.5. The number of hydrogen-bond donors (Lipinski definition) is 0. The Morgan fingerprint density at radius 2 is 2.00 bits per heavy atom. The Labute approximate surface area is 127 Å². The van der Waals surface area contributed by atoms with E-state index in [0.29, 0.717) is 17.0 Å². The van der Waals surface area contributed by atoms with Crippen LogP contribution < -0.4 is 5.01 Å². The van der Waals surface area contributed by atoms with Crippen LogP contribution in [0.5, 0.6) is 0 Å². The Balaban J connectivity index is 2.38. The lowest BCUT2D eigenvalue weighted by Gasteiger charge is -2.12. The first kappa shape index (κ1) is 15.7. The highest BCUT2D eigenvalue weighted by molar-refractivity contribution is 6.32. The summed E-state index contributed by atoms with van der Waals surface area (Å²) in [7, 11) is 4.79. The maximum absolute atomic E-state index is 13.0. The minimum absolute atomic E-state index is 0.111. The first-order valence-corrected chi connectivity index (χ1v) is 6.55. The number of anilines is 1. The number of nitrogens with zero attached hydrogens (tertiary/aromatic N) is 3. The van der Waals surface area contributed by atoms with Crippen LogP contribution in [-0.4, -0.2) is 43.7 Å². The molecule has 0 spiro atoms. The van der Waals surface area contributed by atoms with Gasteiger partial charge in [-0.1, -0.05) is 0 Å². The Morgan fingerprint density at radius 1 is 1.36 bits per heavy atom. The second-order valence-electron chi connectivity index (χ2n) is 4.90. The minimum atomic E-state index is -0.489. The summed E-state index contributed by atoms with van der Waals surface area (Å²) in [6.45, 7) is 0. The molecule has 1 aliphatic heterocycles. The summed E-state index contributed by atoms with van der Waals surface area (Å²) in [6.07, 6.45) is 1.48. The standard InChI is InChI=1S/C15H16FN3O3/c1-18(2)9-12-13(8-14(20)22-3)17-19(15(12)21)11-6-4-10(16)5-7-11/h4-7,9H,8H2,1-3H3/b12-9+. The quantitative estimate of drug-likeness (QED) is 0.625. The van der Waals surface area contributed by atoms with Crippen molar-refractivity contribution < 1.29 is 18.7 Å². The van der Waals surface area contributed by atoms with Crippen molar-refractivity contribution in [2.75, 3.05) is 26.2 Å². The van der Waals surface area contributed by atoms with Gasteiger partial charge in [0.05, 0.1) is 30.5 Å². The van der Waals surface area contributed by atoms with E-state index >= 15 is 0 Å². The summed E-state index contributed by atoms with van der Waals surface area (Å²) < 4.78 is 17.6. The molecule has 0 N–H and O–H groups in total. The number of halogens is 1. The zero-order chi connectivity index (χ0) is 16.3. The average molecular weight is 305 g/mol. The van der Waals surface area contributed by atoms with Gasteiger partial charge < -0.3 is 9.64 Å². The summed E-state index contributed by atoms with van der Waals surface area (Å²) in [6, 6.07) is 5.38. The highest BCUT2D eigenvalue weighted by Crippen LogP contribution is 2.25. The molecule has 6 nitrogen and oxygen atoms in total. The van der Waals surface area contributed by atoms with Gasteiger partial charge in [0.2, 0.25) is 0 Å². The first-order valence-electron chi connectivity index (χ1n) is 6.55. The second-order valence-corrected chi connectivity index (χ2v) is 4.90. The lowest BCUT2D eigenvalue weighted by Crippen LogP contribution is -2.23. The van der Waals surface area contributed by atoms with Crippen LogP contribution in [0.2, 0.25) is 0 Å². The first-order chi connectivity index (χ1) is 10.4. The van der Waals surface area contributed by atoms with Crippen LogP contribution in [-0.2, 0) is 14.3 Å². The topological polar surface area (TPSA) is 62.2 Å². The van der Waals surface area contributed by atoms with Gasteiger partial charge in [-0.25, -0.2) is 4.39 Å². The van der Waals surface area contributed by atoms with Gasteiger partial charge >= 0.3 is 5.97 Å². The van der Waals surface area contributed by atoms with E-state index in [4.69, 9.17) is 0 Å². The van der Waals surface area contributed by atoms with Gasteiger partial charge in [-0.3, -0.25) is 9.59 Å². The van der Waals surface area contributed by atoms with E-state index in [-0.39, 0.29) is 12.3 Å². The van der Waals surface area contributed by atoms with Crippen molar-refractivity contribution in [3.8, 4) is 0 Å². The summed E-state index contributed by atoms with van der Waals surface area (Å²) in [4.78, 5) is 25.6. The largest absolute Gasteiger partial charge is 0.469 e. The Bertz CT molecular complexity index is 651. The monoisotopic (exact) mass is 305 g/mol. The number of esters is 1. The molecule has 1 aromatic carbocycles. The van der Waals surface area contributed by atoms with Gasteiger partial charge in [-0.2, -0.15) is 10.1 Å². The third-order valence-corrected chi connectivity index (χ3v) is 2.95. The van der Waals surface area contributed by atoms with Crippen molar-refractivity contribution in [1.29, 1.82) is 0 Å². The molecule has 2 rings (SSSR count). The highest BCUT2D eigenvalue weighted by Gasteiger charge is 2.32. The number of methoxy groups -OCH3 is 1. The molecule has 22 heavy (non-hydrogen) atoms. The van der Waals surface area contributed by atoms with E-state index in [2.05, 4.69) is 9.84 Å². The van der Waals surface area contributed by atoms with E-state index in [1.54, 1.807) is 25.2 Å². The normalized spacial score (nSPS) is 16.0. The molecule has 0 atom stereocenters. The predicted molar refractivity (Wildman–Crippen MR) is 79.7 cm³/mol. The van der Waals surface area contributed by atoms with Crippen molar-refractivity contribution in [3.05, 3.63) is 41.9 Å². The molecule has 1 amide bonds. The highest BCUT2D eigenvalue weighted by atomic mass is 19.1. The van der Waals surface area contributed by atoms with Crippen LogP contribution in [0.25, 0.3) is 0 Å². The molecule has 116 valence electrons. The maximum atomic E-state index is 13.0. The van der Waals surface area contributed by atoms with Gasteiger partial charge in [0, 0.05) is 20.3 Å². The van der Waals surface area contributed by atoms with Crippen LogP contribution in [0.3, 0.4) is 0 Å². The summed E-state index contributed by atoms with van der Waals surface area (Å²) in [5.41, 5.74) is 1.05. The molecular weight excluding hydrogens is 289 g/mol. The summed E-state index contributed by atoms with van der Waals surface area (Å²) in [5, 5.41) is 5.32. The number of hydrogen-bond acceptors (Lipinski definition) is 5. The number of carbonyl (C=O) groups excluding carboxylic acids is 2. The SMILES string of the molecule is COC(=O)CC1=NN(c2ccc(F)cc2)C(=O)/C1=C/N(C)C.